The van der Waals surface area contributed by atoms with Gasteiger partial charge in [0.25, 0.3) is 11.8 Å². The number of aliphatic imine (C=N–C) groups is 1. The molecule has 2 fully saturated rings. The van der Waals surface area contributed by atoms with Crippen LogP contribution in [0.15, 0.2) is 46.3 Å². The van der Waals surface area contributed by atoms with E-state index in [-0.39, 0.29) is 17.9 Å². The van der Waals surface area contributed by atoms with E-state index >= 15 is 0 Å². The van der Waals surface area contributed by atoms with Crippen LogP contribution in [0.1, 0.15) is 29.8 Å². The molecular formula is C26H28IN3O5S. The summed E-state index contributed by atoms with van der Waals surface area (Å²) in [5.41, 5.74) is 2.01. The maximum atomic E-state index is 13.0. The quantitative estimate of drug-likeness (QED) is 0.341. The molecule has 0 N–H and O–H groups in total. The molecule has 0 saturated carbocycles. The van der Waals surface area contributed by atoms with Crippen molar-refractivity contribution in [2.24, 2.45) is 4.99 Å². The minimum atomic E-state index is -0.143. The van der Waals surface area contributed by atoms with Gasteiger partial charge in [0, 0.05) is 25.7 Å². The minimum absolute atomic E-state index is 0.0127. The predicted molar refractivity (Wildman–Crippen MR) is 150 cm³/mol. The normalized spacial score (nSPS) is 18.4. The van der Waals surface area contributed by atoms with Crippen molar-refractivity contribution in [2.75, 3.05) is 40.5 Å². The lowest BCUT2D eigenvalue weighted by Crippen LogP contribution is -2.40. The number of hydrogen-bond donors (Lipinski definition) is 0. The van der Waals surface area contributed by atoms with Gasteiger partial charge >= 0.3 is 0 Å². The summed E-state index contributed by atoms with van der Waals surface area (Å²) in [6, 6.07) is 11.0. The molecule has 2 aromatic rings. The lowest BCUT2D eigenvalue weighted by molar-refractivity contribution is -0.121. The Hall–Kier alpha value is -2.57. The number of rotatable bonds is 6. The van der Waals surface area contributed by atoms with Gasteiger partial charge in [-0.3, -0.25) is 14.5 Å². The van der Waals surface area contributed by atoms with Crippen molar-refractivity contribution in [1.29, 1.82) is 0 Å². The van der Waals surface area contributed by atoms with Gasteiger partial charge in [-0.1, -0.05) is 6.07 Å². The molecule has 10 heteroatoms. The average Bonchev–Trinajstić information content (AvgIpc) is 3.13. The number of ether oxygens (including phenoxy) is 3. The summed E-state index contributed by atoms with van der Waals surface area (Å²) in [6.07, 6.45) is 1.84. The highest BCUT2D eigenvalue weighted by Gasteiger charge is 2.30. The predicted octanol–water partition coefficient (Wildman–Crippen LogP) is 4.79. The SMILES string of the molecule is COc1cc(/C=C2/SC(=Nc3cccc(C(=O)N4CCOCC4)c3)N(C)C2=O)cc(I)c1OC(C)C. The maximum absolute atomic E-state index is 13.0. The van der Waals surface area contributed by atoms with E-state index in [0.717, 1.165) is 9.13 Å². The highest BCUT2D eigenvalue weighted by atomic mass is 127. The van der Waals surface area contributed by atoms with Crippen LogP contribution in [0.5, 0.6) is 11.5 Å². The molecule has 2 saturated heterocycles. The van der Waals surface area contributed by atoms with Gasteiger partial charge in [-0.15, -0.1) is 0 Å². The van der Waals surface area contributed by atoms with Crippen molar-refractivity contribution >= 4 is 63.1 Å². The third kappa shape index (κ3) is 6.04. The first-order valence-electron chi connectivity index (χ1n) is 11.5. The Bertz CT molecular complexity index is 1220. The van der Waals surface area contributed by atoms with Gasteiger partial charge in [0.1, 0.15) is 0 Å². The number of hydrogen-bond acceptors (Lipinski definition) is 7. The van der Waals surface area contributed by atoms with E-state index in [1.54, 1.807) is 37.3 Å². The Morgan fingerprint density at radius 1 is 1.22 bits per heavy atom. The minimum Gasteiger partial charge on any atom is -0.493 e. The molecule has 0 aliphatic carbocycles. The highest BCUT2D eigenvalue weighted by molar-refractivity contribution is 14.1. The lowest BCUT2D eigenvalue weighted by atomic mass is 10.1. The maximum Gasteiger partial charge on any atom is 0.266 e. The van der Waals surface area contributed by atoms with E-state index < -0.39 is 0 Å². The van der Waals surface area contributed by atoms with Gasteiger partial charge in [0.15, 0.2) is 16.7 Å². The van der Waals surface area contributed by atoms with Crippen LogP contribution in [0.2, 0.25) is 0 Å². The Balaban J connectivity index is 1.57. The number of methoxy groups -OCH3 is 1. The summed E-state index contributed by atoms with van der Waals surface area (Å²) in [4.78, 5) is 34.3. The van der Waals surface area contributed by atoms with Crippen LogP contribution in [0.3, 0.4) is 0 Å². The molecule has 0 aromatic heterocycles. The Morgan fingerprint density at radius 3 is 2.67 bits per heavy atom. The Morgan fingerprint density at radius 2 is 1.97 bits per heavy atom. The topological polar surface area (TPSA) is 80.7 Å². The summed E-state index contributed by atoms with van der Waals surface area (Å²) >= 11 is 3.50. The van der Waals surface area contributed by atoms with Crippen LogP contribution in [0, 0.1) is 3.57 Å². The summed E-state index contributed by atoms with van der Waals surface area (Å²) in [7, 11) is 3.29. The first-order valence-corrected chi connectivity index (χ1v) is 13.4. The van der Waals surface area contributed by atoms with E-state index in [1.165, 1.54) is 16.7 Å². The molecule has 2 aliphatic rings. The number of likely N-dealkylation sites (N-methyl/N-ethyl adjacent to an activating group) is 1. The molecule has 4 rings (SSSR count). The molecule has 0 spiro atoms. The van der Waals surface area contributed by atoms with E-state index in [9.17, 15) is 9.59 Å². The fourth-order valence-electron chi connectivity index (χ4n) is 3.74. The van der Waals surface area contributed by atoms with Gasteiger partial charge in [-0.05, 0) is 90.2 Å². The number of amidine groups is 1. The zero-order valence-corrected chi connectivity index (χ0v) is 23.6. The second kappa shape index (κ2) is 11.7. The largest absolute Gasteiger partial charge is 0.493 e. The summed E-state index contributed by atoms with van der Waals surface area (Å²) < 4.78 is 17.7. The molecule has 0 radical (unpaired) electrons. The van der Waals surface area contributed by atoms with Crippen LogP contribution in [0.25, 0.3) is 6.08 Å². The molecule has 2 amide bonds. The van der Waals surface area contributed by atoms with E-state index in [1.807, 2.05) is 38.1 Å². The van der Waals surface area contributed by atoms with Gasteiger partial charge in [-0.2, -0.15) is 0 Å². The molecule has 36 heavy (non-hydrogen) atoms. The van der Waals surface area contributed by atoms with E-state index in [0.29, 0.717) is 59.1 Å². The molecule has 0 atom stereocenters. The second-order valence-corrected chi connectivity index (χ2v) is 10.7. The number of morpholine rings is 1. The second-order valence-electron chi connectivity index (χ2n) is 8.52. The molecule has 0 unspecified atom stereocenters. The molecular weight excluding hydrogens is 593 g/mol. The standard InChI is InChI=1S/C26H28IN3O5S/c1-16(2)35-23-20(27)12-17(13-21(23)33-4)14-22-25(32)29(3)26(36-22)28-19-7-5-6-18(15-19)24(31)30-8-10-34-11-9-30/h5-7,12-16H,8-11H2,1-4H3/b22-14+,28-26?. The van der Waals surface area contributed by atoms with Crippen molar-refractivity contribution in [1.82, 2.24) is 9.80 Å². The highest BCUT2D eigenvalue weighted by Crippen LogP contribution is 2.38. The Labute approximate surface area is 228 Å². The summed E-state index contributed by atoms with van der Waals surface area (Å²) in [5, 5.41) is 0.545. The van der Waals surface area contributed by atoms with Crippen LogP contribution in [0.4, 0.5) is 5.69 Å². The molecule has 2 heterocycles. The summed E-state index contributed by atoms with van der Waals surface area (Å²) in [6.45, 7) is 6.17. The fraction of sp³-hybridized carbons (Fsp3) is 0.346. The molecule has 0 bridgehead atoms. The van der Waals surface area contributed by atoms with E-state index in [2.05, 4.69) is 27.6 Å². The molecule has 2 aliphatic heterocycles. The third-order valence-corrected chi connectivity index (χ3v) is 7.38. The first kappa shape index (κ1) is 26.5. The van der Waals surface area contributed by atoms with Crippen molar-refractivity contribution in [2.45, 2.75) is 20.0 Å². The number of benzene rings is 2. The van der Waals surface area contributed by atoms with Gasteiger partial charge in [0.05, 0.1) is 40.6 Å². The zero-order chi connectivity index (χ0) is 25.8. The third-order valence-electron chi connectivity index (χ3n) is 5.52. The van der Waals surface area contributed by atoms with Crippen LogP contribution < -0.4 is 9.47 Å². The van der Waals surface area contributed by atoms with Gasteiger partial charge in [0.2, 0.25) is 0 Å². The van der Waals surface area contributed by atoms with E-state index in [4.69, 9.17) is 14.2 Å². The van der Waals surface area contributed by atoms with Gasteiger partial charge < -0.3 is 19.1 Å². The number of carbonyl (C=O) groups excluding carboxylic acids is 2. The summed E-state index contributed by atoms with van der Waals surface area (Å²) in [5.74, 6) is 1.11. The van der Waals surface area contributed by atoms with Crippen molar-refractivity contribution in [3.05, 3.63) is 56.0 Å². The smallest absolute Gasteiger partial charge is 0.266 e. The van der Waals surface area contributed by atoms with Crippen LogP contribution in [-0.4, -0.2) is 73.3 Å². The number of carbonyl (C=O) groups is 2. The molecule has 8 nitrogen and oxygen atoms in total. The zero-order valence-electron chi connectivity index (χ0n) is 20.6. The Kier molecular flexibility index (Phi) is 8.58. The van der Waals surface area contributed by atoms with Crippen LogP contribution >= 0.6 is 34.4 Å². The molecule has 2 aromatic carbocycles. The monoisotopic (exact) mass is 621 g/mol. The number of halogens is 1. The lowest BCUT2D eigenvalue weighted by Gasteiger charge is -2.26. The molecule has 190 valence electrons. The van der Waals surface area contributed by atoms with Crippen LogP contribution in [-0.2, 0) is 9.53 Å². The fourth-order valence-corrected chi connectivity index (χ4v) is 5.48. The van der Waals surface area contributed by atoms with Crippen molar-refractivity contribution in [3.8, 4) is 11.5 Å². The first-order chi connectivity index (χ1) is 17.3. The van der Waals surface area contributed by atoms with Gasteiger partial charge in [-0.25, -0.2) is 4.99 Å². The number of nitrogens with zero attached hydrogens (tertiary/aromatic N) is 3. The van der Waals surface area contributed by atoms with Crippen molar-refractivity contribution in [3.63, 3.8) is 0 Å². The van der Waals surface area contributed by atoms with Crippen molar-refractivity contribution < 1.29 is 23.8 Å². The average molecular weight is 621 g/mol. The number of thioether (sulfide) groups is 1. The number of amides is 2.